The topological polar surface area (TPSA) is 29.5 Å². The standard InChI is InChI=1S/C14H20O2/c1-2-7-14(10-6-11-15)16-12-13-8-4-3-5-9-13/h2-5,8-9,14-15H,1,6-7,10-12H2/t14-/m0/s1. The van der Waals surface area contributed by atoms with E-state index in [-0.39, 0.29) is 12.7 Å². The Morgan fingerprint density at radius 1 is 1.31 bits per heavy atom. The summed E-state index contributed by atoms with van der Waals surface area (Å²) >= 11 is 0. The molecule has 0 fully saturated rings. The summed E-state index contributed by atoms with van der Waals surface area (Å²) in [5.41, 5.74) is 1.18. The lowest BCUT2D eigenvalue weighted by molar-refractivity contribution is 0.0328. The molecule has 16 heavy (non-hydrogen) atoms. The van der Waals surface area contributed by atoms with Gasteiger partial charge >= 0.3 is 0 Å². The van der Waals surface area contributed by atoms with Crippen LogP contribution in [0, 0.1) is 0 Å². The first-order valence-corrected chi connectivity index (χ1v) is 5.74. The van der Waals surface area contributed by atoms with Crippen LogP contribution in [0.4, 0.5) is 0 Å². The van der Waals surface area contributed by atoms with Crippen LogP contribution in [-0.2, 0) is 11.3 Å². The first kappa shape index (κ1) is 12.9. The molecule has 1 N–H and O–H groups in total. The fourth-order valence-corrected chi connectivity index (χ4v) is 1.56. The maximum atomic E-state index is 8.79. The number of aliphatic hydroxyl groups excluding tert-OH is 1. The minimum atomic E-state index is 0.171. The van der Waals surface area contributed by atoms with Gasteiger partial charge in [-0.15, -0.1) is 6.58 Å². The molecule has 0 aromatic heterocycles. The molecular formula is C14H20O2. The van der Waals surface area contributed by atoms with E-state index in [4.69, 9.17) is 9.84 Å². The molecule has 1 rings (SSSR count). The minimum absolute atomic E-state index is 0.171. The summed E-state index contributed by atoms with van der Waals surface area (Å²) in [5.74, 6) is 0. The van der Waals surface area contributed by atoms with Gasteiger partial charge in [0.05, 0.1) is 12.7 Å². The van der Waals surface area contributed by atoms with Crippen LogP contribution in [0.2, 0.25) is 0 Å². The summed E-state index contributed by atoms with van der Waals surface area (Å²) < 4.78 is 5.79. The van der Waals surface area contributed by atoms with E-state index in [0.29, 0.717) is 6.61 Å². The normalized spacial score (nSPS) is 12.3. The van der Waals surface area contributed by atoms with E-state index in [1.165, 1.54) is 5.56 Å². The molecule has 2 heteroatoms. The highest BCUT2D eigenvalue weighted by Gasteiger charge is 2.06. The second-order valence-electron chi connectivity index (χ2n) is 3.81. The third-order valence-corrected chi connectivity index (χ3v) is 2.44. The van der Waals surface area contributed by atoms with Crippen molar-refractivity contribution in [3.8, 4) is 0 Å². The summed E-state index contributed by atoms with van der Waals surface area (Å²) in [5, 5.41) is 8.79. The molecule has 0 radical (unpaired) electrons. The van der Waals surface area contributed by atoms with E-state index in [1.54, 1.807) is 0 Å². The molecule has 0 heterocycles. The average molecular weight is 220 g/mol. The second kappa shape index (κ2) is 8.08. The highest BCUT2D eigenvalue weighted by Crippen LogP contribution is 2.11. The molecule has 1 aromatic rings. The maximum Gasteiger partial charge on any atom is 0.0720 e. The Morgan fingerprint density at radius 3 is 2.69 bits per heavy atom. The summed E-state index contributed by atoms with van der Waals surface area (Å²) in [4.78, 5) is 0. The van der Waals surface area contributed by atoms with Crippen molar-refractivity contribution in [2.45, 2.75) is 32.0 Å². The van der Waals surface area contributed by atoms with Gasteiger partial charge in [-0.25, -0.2) is 0 Å². The van der Waals surface area contributed by atoms with Crippen LogP contribution in [-0.4, -0.2) is 17.8 Å². The number of ether oxygens (including phenoxy) is 1. The molecule has 0 aliphatic carbocycles. The molecule has 88 valence electrons. The lowest BCUT2D eigenvalue weighted by Gasteiger charge is -2.15. The van der Waals surface area contributed by atoms with E-state index in [2.05, 4.69) is 18.7 Å². The van der Waals surface area contributed by atoms with Crippen LogP contribution in [0.1, 0.15) is 24.8 Å². The highest BCUT2D eigenvalue weighted by molar-refractivity contribution is 5.13. The van der Waals surface area contributed by atoms with Gasteiger partial charge in [0.25, 0.3) is 0 Å². The Hall–Kier alpha value is -1.12. The van der Waals surface area contributed by atoms with Crippen LogP contribution < -0.4 is 0 Å². The minimum Gasteiger partial charge on any atom is -0.396 e. The van der Waals surface area contributed by atoms with Crippen LogP contribution in [0.15, 0.2) is 43.0 Å². The monoisotopic (exact) mass is 220 g/mol. The maximum absolute atomic E-state index is 8.79. The first-order chi connectivity index (χ1) is 7.86. The van der Waals surface area contributed by atoms with Gasteiger partial charge in [0, 0.05) is 6.61 Å². The number of rotatable bonds is 8. The van der Waals surface area contributed by atoms with Crippen LogP contribution in [0.3, 0.4) is 0 Å². The van der Waals surface area contributed by atoms with Crippen LogP contribution in [0.5, 0.6) is 0 Å². The van der Waals surface area contributed by atoms with Crippen molar-refractivity contribution in [2.75, 3.05) is 6.61 Å². The Kier molecular flexibility index (Phi) is 6.54. The summed E-state index contributed by atoms with van der Waals surface area (Å²) in [6.07, 6.45) is 4.55. The summed E-state index contributed by atoms with van der Waals surface area (Å²) in [6, 6.07) is 10.1. The van der Waals surface area contributed by atoms with E-state index in [0.717, 1.165) is 19.3 Å². The van der Waals surface area contributed by atoms with Crippen molar-refractivity contribution in [3.05, 3.63) is 48.6 Å². The summed E-state index contributed by atoms with van der Waals surface area (Å²) in [6.45, 7) is 4.58. The van der Waals surface area contributed by atoms with E-state index in [1.807, 2.05) is 24.3 Å². The number of aliphatic hydroxyl groups is 1. The van der Waals surface area contributed by atoms with Crippen molar-refractivity contribution in [3.63, 3.8) is 0 Å². The quantitative estimate of drug-likeness (QED) is 0.683. The van der Waals surface area contributed by atoms with Crippen molar-refractivity contribution in [2.24, 2.45) is 0 Å². The molecule has 1 atom stereocenters. The molecule has 0 aliphatic rings. The Labute approximate surface area is 97.6 Å². The zero-order valence-corrected chi connectivity index (χ0v) is 9.64. The van der Waals surface area contributed by atoms with Gasteiger partial charge in [-0.1, -0.05) is 36.4 Å². The zero-order valence-electron chi connectivity index (χ0n) is 9.64. The molecule has 0 unspecified atom stereocenters. The van der Waals surface area contributed by atoms with Gasteiger partial charge in [0.1, 0.15) is 0 Å². The lowest BCUT2D eigenvalue weighted by Crippen LogP contribution is -2.12. The van der Waals surface area contributed by atoms with Gasteiger partial charge in [-0.3, -0.25) is 0 Å². The molecule has 0 aliphatic heterocycles. The lowest BCUT2D eigenvalue weighted by atomic mass is 10.1. The van der Waals surface area contributed by atoms with Gasteiger partial charge in [0.2, 0.25) is 0 Å². The Balaban J connectivity index is 2.34. The average Bonchev–Trinajstić information content (AvgIpc) is 2.34. The Bertz CT molecular complexity index is 282. The number of benzene rings is 1. The van der Waals surface area contributed by atoms with Gasteiger partial charge in [-0.05, 0) is 24.8 Å². The molecular weight excluding hydrogens is 200 g/mol. The molecule has 2 nitrogen and oxygen atoms in total. The zero-order chi connectivity index (χ0) is 11.6. The Morgan fingerprint density at radius 2 is 2.06 bits per heavy atom. The highest BCUT2D eigenvalue weighted by atomic mass is 16.5. The molecule has 1 aromatic carbocycles. The van der Waals surface area contributed by atoms with E-state index in [9.17, 15) is 0 Å². The molecule has 0 saturated heterocycles. The smallest absolute Gasteiger partial charge is 0.0720 e. The molecule has 0 saturated carbocycles. The SMILES string of the molecule is C=CC[C@@H](CCCO)OCc1ccccc1. The van der Waals surface area contributed by atoms with Crippen LogP contribution >= 0.6 is 0 Å². The third-order valence-electron chi connectivity index (χ3n) is 2.44. The molecule has 0 spiro atoms. The first-order valence-electron chi connectivity index (χ1n) is 5.74. The fourth-order valence-electron chi connectivity index (χ4n) is 1.56. The predicted octanol–water partition coefficient (Wildman–Crippen LogP) is 2.92. The second-order valence-corrected chi connectivity index (χ2v) is 3.81. The van der Waals surface area contributed by atoms with Crippen molar-refractivity contribution in [1.29, 1.82) is 0 Å². The third kappa shape index (κ3) is 5.10. The van der Waals surface area contributed by atoms with E-state index < -0.39 is 0 Å². The fraction of sp³-hybridized carbons (Fsp3) is 0.429. The molecule has 0 amide bonds. The predicted molar refractivity (Wildman–Crippen MR) is 66.2 cm³/mol. The van der Waals surface area contributed by atoms with Gasteiger partial charge < -0.3 is 9.84 Å². The van der Waals surface area contributed by atoms with E-state index >= 15 is 0 Å². The number of hydrogen-bond acceptors (Lipinski definition) is 2. The van der Waals surface area contributed by atoms with Gasteiger partial charge in [0.15, 0.2) is 0 Å². The van der Waals surface area contributed by atoms with Gasteiger partial charge in [-0.2, -0.15) is 0 Å². The van der Waals surface area contributed by atoms with Crippen molar-refractivity contribution in [1.82, 2.24) is 0 Å². The summed E-state index contributed by atoms with van der Waals surface area (Å²) in [7, 11) is 0. The van der Waals surface area contributed by atoms with Crippen molar-refractivity contribution >= 4 is 0 Å². The number of hydrogen-bond donors (Lipinski definition) is 1. The largest absolute Gasteiger partial charge is 0.396 e. The molecule has 0 bridgehead atoms. The van der Waals surface area contributed by atoms with Crippen LogP contribution in [0.25, 0.3) is 0 Å². The van der Waals surface area contributed by atoms with Crippen molar-refractivity contribution < 1.29 is 9.84 Å².